The van der Waals surface area contributed by atoms with Crippen molar-refractivity contribution in [3.05, 3.63) is 29.0 Å². The highest BCUT2D eigenvalue weighted by atomic mass is 35.5. The molecule has 9 heteroatoms. The van der Waals surface area contributed by atoms with E-state index in [1.807, 2.05) is 0 Å². The van der Waals surface area contributed by atoms with Crippen molar-refractivity contribution in [1.29, 1.82) is 0 Å². The third-order valence-corrected chi connectivity index (χ3v) is 3.86. The SMILES string of the molecule is O=C(COC(=O)CN1CCSC1=O)Nc1ccc(Cl)cc1F. The molecule has 1 heterocycles. The summed E-state index contributed by atoms with van der Waals surface area (Å²) in [5.74, 6) is -1.44. The number of thioether (sulfide) groups is 1. The minimum absolute atomic E-state index is 0.0587. The molecule has 0 bridgehead atoms. The van der Waals surface area contributed by atoms with Crippen LogP contribution in [0.4, 0.5) is 14.9 Å². The molecule has 1 saturated heterocycles. The van der Waals surface area contributed by atoms with Crippen LogP contribution >= 0.6 is 23.4 Å². The lowest BCUT2D eigenvalue weighted by atomic mass is 10.3. The van der Waals surface area contributed by atoms with E-state index in [0.717, 1.165) is 17.8 Å². The number of rotatable bonds is 5. The number of hydrogen-bond acceptors (Lipinski definition) is 5. The summed E-state index contributed by atoms with van der Waals surface area (Å²) in [4.78, 5) is 35.7. The molecule has 0 atom stereocenters. The Morgan fingerprint density at radius 2 is 2.23 bits per heavy atom. The van der Waals surface area contributed by atoms with E-state index in [1.165, 1.54) is 17.0 Å². The van der Waals surface area contributed by atoms with E-state index in [9.17, 15) is 18.8 Å². The fourth-order valence-corrected chi connectivity index (χ4v) is 2.68. The molecular formula is C13H12ClFN2O4S. The Kier molecular flexibility index (Phi) is 5.62. The Labute approximate surface area is 134 Å². The van der Waals surface area contributed by atoms with Crippen molar-refractivity contribution in [1.82, 2.24) is 4.90 Å². The van der Waals surface area contributed by atoms with Gasteiger partial charge in [-0.15, -0.1) is 0 Å². The van der Waals surface area contributed by atoms with Gasteiger partial charge < -0.3 is 15.0 Å². The first-order valence-corrected chi connectivity index (χ1v) is 7.64. The molecule has 2 rings (SSSR count). The molecule has 1 aliphatic heterocycles. The van der Waals surface area contributed by atoms with E-state index in [-0.39, 0.29) is 22.5 Å². The number of ether oxygens (including phenoxy) is 1. The summed E-state index contributed by atoms with van der Waals surface area (Å²) in [7, 11) is 0. The molecule has 1 aromatic carbocycles. The first-order valence-electron chi connectivity index (χ1n) is 6.28. The maximum Gasteiger partial charge on any atom is 0.326 e. The van der Waals surface area contributed by atoms with Gasteiger partial charge in [-0.05, 0) is 18.2 Å². The monoisotopic (exact) mass is 346 g/mol. The average molecular weight is 347 g/mol. The highest BCUT2D eigenvalue weighted by molar-refractivity contribution is 8.13. The van der Waals surface area contributed by atoms with Gasteiger partial charge in [0.25, 0.3) is 11.1 Å². The minimum atomic E-state index is -0.692. The topological polar surface area (TPSA) is 75.7 Å². The van der Waals surface area contributed by atoms with Crippen LogP contribution in [-0.4, -0.2) is 47.5 Å². The van der Waals surface area contributed by atoms with Gasteiger partial charge in [0.15, 0.2) is 6.61 Å². The van der Waals surface area contributed by atoms with Crippen molar-refractivity contribution in [2.75, 3.05) is 30.8 Å². The van der Waals surface area contributed by atoms with Crippen molar-refractivity contribution in [3.63, 3.8) is 0 Å². The molecule has 1 N–H and O–H groups in total. The lowest BCUT2D eigenvalue weighted by molar-refractivity contribution is -0.147. The normalized spacial score (nSPS) is 14.1. The summed E-state index contributed by atoms with van der Waals surface area (Å²) in [6.45, 7) is -0.286. The minimum Gasteiger partial charge on any atom is -0.454 e. The lowest BCUT2D eigenvalue weighted by Crippen LogP contribution is -2.32. The molecule has 22 heavy (non-hydrogen) atoms. The van der Waals surface area contributed by atoms with Crippen LogP contribution < -0.4 is 5.32 Å². The number of halogens is 2. The Morgan fingerprint density at radius 1 is 1.45 bits per heavy atom. The smallest absolute Gasteiger partial charge is 0.326 e. The Balaban J connectivity index is 1.77. The summed E-state index contributed by atoms with van der Waals surface area (Å²) in [6.07, 6.45) is 0. The van der Waals surface area contributed by atoms with E-state index in [2.05, 4.69) is 5.32 Å². The third kappa shape index (κ3) is 4.60. The quantitative estimate of drug-likeness (QED) is 0.827. The summed E-state index contributed by atoms with van der Waals surface area (Å²) >= 11 is 6.72. The van der Waals surface area contributed by atoms with Crippen molar-refractivity contribution in [2.24, 2.45) is 0 Å². The van der Waals surface area contributed by atoms with Crippen molar-refractivity contribution in [2.45, 2.75) is 0 Å². The van der Waals surface area contributed by atoms with Crippen LogP contribution in [0.2, 0.25) is 5.02 Å². The Hall–Kier alpha value is -1.80. The number of amides is 2. The van der Waals surface area contributed by atoms with Crippen molar-refractivity contribution < 1.29 is 23.5 Å². The number of anilines is 1. The van der Waals surface area contributed by atoms with Crippen LogP contribution in [-0.2, 0) is 14.3 Å². The number of carbonyl (C=O) groups excluding carboxylic acids is 3. The highest BCUT2D eigenvalue weighted by Gasteiger charge is 2.24. The molecule has 2 amide bonds. The molecule has 1 aliphatic rings. The molecule has 0 aromatic heterocycles. The van der Waals surface area contributed by atoms with Crippen LogP contribution in [0.15, 0.2) is 18.2 Å². The van der Waals surface area contributed by atoms with Crippen molar-refractivity contribution >= 4 is 46.2 Å². The van der Waals surface area contributed by atoms with Crippen molar-refractivity contribution in [3.8, 4) is 0 Å². The second kappa shape index (κ2) is 7.46. The lowest BCUT2D eigenvalue weighted by Gasteiger charge is -2.13. The molecule has 0 unspecified atom stereocenters. The van der Waals surface area contributed by atoms with Gasteiger partial charge in [0, 0.05) is 17.3 Å². The number of esters is 1. The van der Waals surface area contributed by atoms with Gasteiger partial charge in [-0.1, -0.05) is 23.4 Å². The van der Waals surface area contributed by atoms with Crippen LogP contribution in [0.1, 0.15) is 0 Å². The van der Waals surface area contributed by atoms with E-state index in [4.69, 9.17) is 16.3 Å². The number of nitrogens with one attached hydrogen (secondary N) is 1. The molecule has 1 aromatic rings. The van der Waals surface area contributed by atoms with Gasteiger partial charge in [0.2, 0.25) is 0 Å². The second-order valence-electron chi connectivity index (χ2n) is 4.37. The second-order valence-corrected chi connectivity index (χ2v) is 5.85. The molecule has 0 aliphatic carbocycles. The molecule has 1 fully saturated rings. The van der Waals surface area contributed by atoms with E-state index >= 15 is 0 Å². The number of hydrogen-bond donors (Lipinski definition) is 1. The van der Waals surface area contributed by atoms with E-state index in [0.29, 0.717) is 12.3 Å². The molecule has 0 spiro atoms. The summed E-state index contributed by atoms with van der Waals surface area (Å²) in [6, 6.07) is 3.78. The van der Waals surface area contributed by atoms with Crippen LogP contribution in [0.3, 0.4) is 0 Å². The zero-order valence-electron chi connectivity index (χ0n) is 11.3. The molecule has 0 radical (unpaired) electrons. The number of nitrogens with zero attached hydrogens (tertiary/aromatic N) is 1. The summed E-state index contributed by atoms with van der Waals surface area (Å²) in [5.41, 5.74) is -0.0587. The first kappa shape index (κ1) is 16.6. The largest absolute Gasteiger partial charge is 0.454 e. The molecular weight excluding hydrogens is 335 g/mol. The third-order valence-electron chi connectivity index (χ3n) is 2.73. The van der Waals surface area contributed by atoms with Gasteiger partial charge in [-0.25, -0.2) is 4.39 Å². The van der Waals surface area contributed by atoms with Crippen LogP contribution in [0.5, 0.6) is 0 Å². The van der Waals surface area contributed by atoms with Gasteiger partial charge in [0.05, 0.1) is 5.69 Å². The fraction of sp³-hybridized carbons (Fsp3) is 0.308. The Morgan fingerprint density at radius 3 is 2.86 bits per heavy atom. The number of benzene rings is 1. The van der Waals surface area contributed by atoms with E-state index < -0.39 is 24.3 Å². The summed E-state index contributed by atoms with van der Waals surface area (Å²) < 4.78 is 18.2. The van der Waals surface area contributed by atoms with E-state index in [1.54, 1.807) is 0 Å². The maximum atomic E-state index is 13.5. The predicted molar refractivity (Wildman–Crippen MR) is 80.4 cm³/mol. The maximum absolute atomic E-state index is 13.5. The average Bonchev–Trinajstić information content (AvgIpc) is 2.85. The predicted octanol–water partition coefficient (Wildman–Crippen LogP) is 2.13. The first-order chi connectivity index (χ1) is 10.5. The fourth-order valence-electron chi connectivity index (χ4n) is 1.69. The van der Waals surface area contributed by atoms with Gasteiger partial charge in [-0.3, -0.25) is 14.4 Å². The zero-order chi connectivity index (χ0) is 16.1. The zero-order valence-corrected chi connectivity index (χ0v) is 12.9. The molecule has 6 nitrogen and oxygen atoms in total. The van der Waals surface area contributed by atoms with Gasteiger partial charge in [0.1, 0.15) is 12.4 Å². The highest BCUT2D eigenvalue weighted by Crippen LogP contribution is 2.19. The van der Waals surface area contributed by atoms with Gasteiger partial charge in [-0.2, -0.15) is 0 Å². The van der Waals surface area contributed by atoms with Crippen LogP contribution in [0.25, 0.3) is 0 Å². The summed E-state index contributed by atoms with van der Waals surface area (Å²) in [5, 5.41) is 2.27. The van der Waals surface area contributed by atoms with Gasteiger partial charge >= 0.3 is 5.97 Å². The standard InChI is InChI=1S/C13H12ClFN2O4S/c14-8-1-2-10(9(15)5-8)16-11(18)7-21-12(19)6-17-3-4-22-13(17)20/h1-2,5H,3-4,6-7H2,(H,16,18). The molecule has 0 saturated carbocycles. The number of carbonyl (C=O) groups is 3. The van der Waals surface area contributed by atoms with Crippen LogP contribution in [0, 0.1) is 5.82 Å². The Bertz CT molecular complexity index is 614. The molecule has 118 valence electrons.